The number of carboxylic acids is 1. The van der Waals surface area contributed by atoms with Crippen LogP contribution in [0.25, 0.3) is 0 Å². The van der Waals surface area contributed by atoms with Crippen molar-refractivity contribution < 1.29 is 24.2 Å². The third-order valence-corrected chi connectivity index (χ3v) is 3.28. The molecule has 1 heterocycles. The molecule has 3 N–H and O–H groups in total. The second-order valence-electron chi connectivity index (χ2n) is 4.50. The Morgan fingerprint density at radius 1 is 1.50 bits per heavy atom. The zero-order valence-electron chi connectivity index (χ0n) is 11.2. The fourth-order valence-electron chi connectivity index (χ4n) is 2.31. The molecule has 2 rings (SSSR count). The first-order valence-electron chi connectivity index (χ1n) is 6.22. The lowest BCUT2D eigenvalue weighted by Crippen LogP contribution is -2.24. The molecule has 0 aromatic heterocycles. The summed E-state index contributed by atoms with van der Waals surface area (Å²) in [6.45, 7) is 6.29. The van der Waals surface area contributed by atoms with Crippen molar-refractivity contribution in [3.63, 3.8) is 0 Å². The molecule has 0 fully saturated rings. The van der Waals surface area contributed by atoms with E-state index in [1.54, 1.807) is 0 Å². The second kappa shape index (κ2) is 5.83. The van der Waals surface area contributed by atoms with Gasteiger partial charge >= 0.3 is 5.97 Å². The van der Waals surface area contributed by atoms with E-state index in [9.17, 15) is 9.90 Å². The van der Waals surface area contributed by atoms with Gasteiger partial charge in [-0.1, -0.05) is 12.7 Å². The van der Waals surface area contributed by atoms with Crippen LogP contribution in [0.2, 0.25) is 0 Å². The Bertz CT molecular complexity index is 530. The molecular formula is C14H17NO5. The first-order valence-corrected chi connectivity index (χ1v) is 6.22. The van der Waals surface area contributed by atoms with E-state index >= 15 is 0 Å². The number of ether oxygens (including phenoxy) is 2. The summed E-state index contributed by atoms with van der Waals surface area (Å²) in [5, 5.41) is 9.31. The van der Waals surface area contributed by atoms with Crippen LogP contribution < -0.4 is 5.90 Å². The Kier molecular flexibility index (Phi) is 4.14. The van der Waals surface area contributed by atoms with E-state index < -0.39 is 5.97 Å². The van der Waals surface area contributed by atoms with Gasteiger partial charge in [-0.3, -0.25) is 0 Å². The molecule has 0 amide bonds. The molecule has 1 atom stereocenters. The lowest BCUT2D eigenvalue weighted by atomic mass is 9.85. The van der Waals surface area contributed by atoms with Gasteiger partial charge in [-0.15, -0.1) is 0 Å². The Morgan fingerprint density at radius 3 is 2.85 bits per heavy atom. The van der Waals surface area contributed by atoms with Gasteiger partial charge in [0.25, 0.3) is 0 Å². The lowest BCUT2D eigenvalue weighted by molar-refractivity contribution is -0.132. The van der Waals surface area contributed by atoms with E-state index in [0.717, 1.165) is 0 Å². The van der Waals surface area contributed by atoms with Gasteiger partial charge in [-0.25, -0.2) is 4.79 Å². The molecule has 2 aliphatic rings. The van der Waals surface area contributed by atoms with Crippen LogP contribution >= 0.6 is 0 Å². The van der Waals surface area contributed by atoms with Crippen molar-refractivity contribution in [2.24, 2.45) is 11.8 Å². The average Bonchev–Trinajstić information content (AvgIpc) is 2.46. The monoisotopic (exact) mass is 279 g/mol. The van der Waals surface area contributed by atoms with E-state index in [4.69, 9.17) is 15.4 Å². The van der Waals surface area contributed by atoms with Gasteiger partial charge in [0.2, 0.25) is 0 Å². The summed E-state index contributed by atoms with van der Waals surface area (Å²) in [6, 6.07) is 0. The van der Waals surface area contributed by atoms with Gasteiger partial charge in [0, 0.05) is 5.92 Å². The largest absolute Gasteiger partial charge is 0.490 e. The van der Waals surface area contributed by atoms with Gasteiger partial charge in [-0.05, 0) is 25.0 Å². The standard InChI is InChI=1S/C14H17NO5/c1-8(12(14(16)17)9(2)20-15)10-4-3-5-11-13(10)19-7-6-18-11/h3,5,10H,1,4,6-7,15H2,2H3,(H,16,17)/b12-9+. The van der Waals surface area contributed by atoms with E-state index in [1.807, 2.05) is 12.2 Å². The maximum Gasteiger partial charge on any atom is 0.339 e. The van der Waals surface area contributed by atoms with Crippen LogP contribution in [0, 0.1) is 5.92 Å². The highest BCUT2D eigenvalue weighted by molar-refractivity contribution is 5.92. The van der Waals surface area contributed by atoms with Crippen molar-refractivity contribution in [2.75, 3.05) is 13.2 Å². The molecule has 0 saturated heterocycles. The summed E-state index contributed by atoms with van der Waals surface area (Å²) >= 11 is 0. The summed E-state index contributed by atoms with van der Waals surface area (Å²) < 4.78 is 11.1. The molecular weight excluding hydrogens is 262 g/mol. The van der Waals surface area contributed by atoms with Crippen LogP contribution in [0.5, 0.6) is 0 Å². The highest BCUT2D eigenvalue weighted by atomic mass is 16.6. The Morgan fingerprint density at radius 2 is 2.20 bits per heavy atom. The number of carbonyl (C=O) groups is 1. The van der Waals surface area contributed by atoms with Crippen molar-refractivity contribution in [1.82, 2.24) is 0 Å². The number of hydrogen-bond donors (Lipinski definition) is 2. The third-order valence-electron chi connectivity index (χ3n) is 3.28. The molecule has 0 radical (unpaired) electrons. The summed E-state index contributed by atoms with van der Waals surface area (Å²) in [5.41, 5.74) is 0.358. The maximum absolute atomic E-state index is 11.4. The van der Waals surface area contributed by atoms with Crippen LogP contribution in [0.15, 0.2) is 47.2 Å². The molecule has 0 bridgehead atoms. The van der Waals surface area contributed by atoms with Crippen LogP contribution in [0.3, 0.4) is 0 Å². The topological polar surface area (TPSA) is 91.0 Å². The highest BCUT2D eigenvalue weighted by Gasteiger charge is 2.32. The maximum atomic E-state index is 11.4. The predicted molar refractivity (Wildman–Crippen MR) is 70.9 cm³/mol. The minimum absolute atomic E-state index is 0.0335. The van der Waals surface area contributed by atoms with Crippen molar-refractivity contribution in [2.45, 2.75) is 13.3 Å². The van der Waals surface area contributed by atoms with Crippen LogP contribution in [-0.2, 0) is 19.1 Å². The molecule has 0 aromatic rings. The number of rotatable bonds is 4. The smallest absolute Gasteiger partial charge is 0.339 e. The van der Waals surface area contributed by atoms with Crippen LogP contribution in [0.1, 0.15) is 13.3 Å². The van der Waals surface area contributed by atoms with E-state index in [1.165, 1.54) is 6.92 Å². The van der Waals surface area contributed by atoms with Crippen molar-refractivity contribution in [1.29, 1.82) is 0 Å². The molecule has 6 nitrogen and oxygen atoms in total. The van der Waals surface area contributed by atoms with E-state index in [2.05, 4.69) is 11.4 Å². The van der Waals surface area contributed by atoms with Gasteiger partial charge < -0.3 is 19.4 Å². The van der Waals surface area contributed by atoms with Gasteiger partial charge in [0.05, 0.1) is 0 Å². The van der Waals surface area contributed by atoms with Crippen molar-refractivity contribution in [3.8, 4) is 0 Å². The molecule has 20 heavy (non-hydrogen) atoms. The Balaban J connectivity index is 2.36. The van der Waals surface area contributed by atoms with Crippen LogP contribution in [-0.4, -0.2) is 24.3 Å². The highest BCUT2D eigenvalue weighted by Crippen LogP contribution is 2.37. The molecule has 108 valence electrons. The molecule has 6 heteroatoms. The average molecular weight is 279 g/mol. The fraction of sp³-hybridized carbons (Fsp3) is 0.357. The van der Waals surface area contributed by atoms with Crippen molar-refractivity contribution in [3.05, 3.63) is 47.2 Å². The Hall–Kier alpha value is -2.21. The summed E-state index contributed by atoms with van der Waals surface area (Å²) in [4.78, 5) is 15.9. The van der Waals surface area contributed by atoms with Gasteiger partial charge in [0.15, 0.2) is 5.76 Å². The predicted octanol–water partition coefficient (Wildman–Crippen LogP) is 1.63. The number of nitrogens with two attached hydrogens (primary N) is 1. The molecule has 0 spiro atoms. The molecule has 1 unspecified atom stereocenters. The minimum atomic E-state index is -1.13. The number of allylic oxidation sites excluding steroid dienone is 4. The molecule has 0 aromatic carbocycles. The zero-order chi connectivity index (χ0) is 14.7. The Labute approximate surface area is 116 Å². The summed E-state index contributed by atoms with van der Waals surface area (Å²) in [7, 11) is 0. The van der Waals surface area contributed by atoms with Crippen LogP contribution in [0.4, 0.5) is 0 Å². The van der Waals surface area contributed by atoms with Gasteiger partial charge in [-0.2, -0.15) is 5.90 Å². The SMILES string of the molecule is C=C(/C(C(=O)O)=C(/C)ON)C1CC=CC2=C1OCCO2. The summed E-state index contributed by atoms with van der Waals surface area (Å²) in [5.74, 6) is 5.00. The quantitative estimate of drug-likeness (QED) is 0.352. The number of aliphatic carboxylic acids is 1. The molecule has 0 saturated carbocycles. The number of carboxylic acid groups (broad SMARTS) is 1. The lowest BCUT2D eigenvalue weighted by Gasteiger charge is -2.30. The fourth-order valence-corrected chi connectivity index (χ4v) is 2.31. The zero-order valence-corrected chi connectivity index (χ0v) is 11.2. The first-order chi connectivity index (χ1) is 9.56. The molecule has 1 aliphatic carbocycles. The second-order valence-corrected chi connectivity index (χ2v) is 4.50. The van der Waals surface area contributed by atoms with E-state index in [0.29, 0.717) is 36.7 Å². The molecule has 1 aliphatic heterocycles. The van der Waals surface area contributed by atoms with Crippen molar-refractivity contribution >= 4 is 5.97 Å². The normalized spacial score (nSPS) is 22.2. The van der Waals surface area contributed by atoms with E-state index in [-0.39, 0.29) is 17.3 Å². The number of hydrogen-bond acceptors (Lipinski definition) is 5. The summed E-state index contributed by atoms with van der Waals surface area (Å²) in [6.07, 6.45) is 4.33. The third kappa shape index (κ3) is 2.55. The first kappa shape index (κ1) is 14.2. The van der Waals surface area contributed by atoms with Gasteiger partial charge in [0.1, 0.15) is 30.3 Å². The minimum Gasteiger partial charge on any atom is -0.490 e.